The van der Waals surface area contributed by atoms with Gasteiger partial charge in [-0.2, -0.15) is 0 Å². The molecule has 0 bridgehead atoms. The fourth-order valence-electron chi connectivity index (χ4n) is 5.17. The number of nitrogens with zero attached hydrogens (tertiary/aromatic N) is 3. The van der Waals surface area contributed by atoms with Crippen LogP contribution in [-0.4, -0.2) is 64.1 Å². The second kappa shape index (κ2) is 7.88. The zero-order valence-corrected chi connectivity index (χ0v) is 16.8. The Morgan fingerprint density at radius 2 is 1.69 bits per heavy atom. The summed E-state index contributed by atoms with van der Waals surface area (Å²) in [5.41, 5.74) is 3.60. The third-order valence-corrected chi connectivity index (χ3v) is 6.92. The molecule has 3 fully saturated rings. The third kappa shape index (κ3) is 3.58. The van der Waals surface area contributed by atoms with E-state index < -0.39 is 0 Å². The van der Waals surface area contributed by atoms with Gasteiger partial charge in [-0.25, -0.2) is 0 Å². The molecular weight excluding hydrogens is 362 g/mol. The van der Waals surface area contributed by atoms with Gasteiger partial charge in [-0.05, 0) is 61.1 Å². The molecule has 1 N–H and O–H groups in total. The molecule has 0 radical (unpaired) electrons. The van der Waals surface area contributed by atoms with Gasteiger partial charge in [0.25, 0.3) is 0 Å². The summed E-state index contributed by atoms with van der Waals surface area (Å²) in [7, 11) is 0. The predicted molar refractivity (Wildman–Crippen MR) is 112 cm³/mol. The molecule has 5 nitrogen and oxygen atoms in total. The van der Waals surface area contributed by atoms with Crippen LogP contribution >= 0.6 is 0 Å². The highest BCUT2D eigenvalue weighted by molar-refractivity contribution is 5.81. The minimum atomic E-state index is 0.155. The van der Waals surface area contributed by atoms with Crippen LogP contribution in [-0.2, 0) is 4.79 Å². The number of benzene rings is 1. The molecule has 1 saturated carbocycles. The first-order chi connectivity index (χ1) is 14.3. The lowest BCUT2D eigenvalue weighted by Gasteiger charge is -2.57. The maximum absolute atomic E-state index is 12.8. The Balaban J connectivity index is 1.38. The Morgan fingerprint density at radius 3 is 2.38 bits per heavy atom. The number of carbonyl (C=O) groups excluding carboxylic acids is 1. The van der Waals surface area contributed by atoms with Crippen LogP contribution in [0.2, 0.25) is 0 Å². The molecule has 3 aliphatic rings. The molecule has 2 saturated heterocycles. The van der Waals surface area contributed by atoms with Gasteiger partial charge in [0.15, 0.2) is 0 Å². The lowest BCUT2D eigenvalue weighted by atomic mass is 9.74. The van der Waals surface area contributed by atoms with Crippen LogP contribution < -0.4 is 0 Å². The molecule has 29 heavy (non-hydrogen) atoms. The molecule has 3 atom stereocenters. The van der Waals surface area contributed by atoms with Crippen molar-refractivity contribution in [3.63, 3.8) is 0 Å². The minimum Gasteiger partial charge on any atom is -0.395 e. The zero-order valence-electron chi connectivity index (χ0n) is 16.8. The molecule has 2 aromatic rings. The number of hydrogen-bond donors (Lipinski definition) is 1. The molecule has 1 amide bonds. The first-order valence-corrected chi connectivity index (χ1v) is 10.9. The van der Waals surface area contributed by atoms with E-state index in [1.807, 2.05) is 24.5 Å². The number of aromatic nitrogens is 1. The summed E-state index contributed by atoms with van der Waals surface area (Å²) in [5.74, 6) is 0.903. The van der Waals surface area contributed by atoms with Gasteiger partial charge in [-0.3, -0.25) is 14.7 Å². The van der Waals surface area contributed by atoms with Crippen molar-refractivity contribution in [2.24, 2.45) is 5.92 Å². The number of carbonyl (C=O) groups is 1. The van der Waals surface area contributed by atoms with Gasteiger partial charge in [-0.1, -0.05) is 24.3 Å². The molecule has 2 aliphatic heterocycles. The maximum Gasteiger partial charge on any atom is 0.225 e. The molecule has 3 heterocycles. The summed E-state index contributed by atoms with van der Waals surface area (Å²) >= 11 is 0. The van der Waals surface area contributed by atoms with E-state index in [0.717, 1.165) is 50.9 Å². The number of aliphatic hydroxyl groups excluding tert-OH is 1. The van der Waals surface area contributed by atoms with E-state index in [2.05, 4.69) is 39.0 Å². The van der Waals surface area contributed by atoms with E-state index >= 15 is 0 Å². The molecule has 152 valence electrons. The van der Waals surface area contributed by atoms with Crippen LogP contribution in [0.15, 0.2) is 48.8 Å². The van der Waals surface area contributed by atoms with Crippen molar-refractivity contribution in [3.8, 4) is 11.1 Å². The van der Waals surface area contributed by atoms with Crippen LogP contribution in [0.1, 0.15) is 37.2 Å². The minimum absolute atomic E-state index is 0.155. The molecule has 5 rings (SSSR count). The van der Waals surface area contributed by atoms with Crippen molar-refractivity contribution in [1.29, 1.82) is 0 Å². The van der Waals surface area contributed by atoms with Crippen LogP contribution in [0.25, 0.3) is 11.1 Å². The summed E-state index contributed by atoms with van der Waals surface area (Å²) in [6.07, 6.45) is 7.90. The average Bonchev–Trinajstić information content (AvgIpc) is 3.59. The van der Waals surface area contributed by atoms with Crippen LogP contribution in [0.4, 0.5) is 0 Å². The van der Waals surface area contributed by atoms with Crippen molar-refractivity contribution >= 4 is 5.91 Å². The van der Waals surface area contributed by atoms with E-state index in [1.54, 1.807) is 0 Å². The first-order valence-electron chi connectivity index (χ1n) is 10.9. The van der Waals surface area contributed by atoms with Crippen molar-refractivity contribution in [1.82, 2.24) is 14.8 Å². The summed E-state index contributed by atoms with van der Waals surface area (Å²) in [5, 5.41) is 10.1. The number of fused-ring (bicyclic) bond motifs is 1. The predicted octanol–water partition coefficient (Wildman–Crippen LogP) is 2.91. The number of hydrogen-bond acceptors (Lipinski definition) is 4. The van der Waals surface area contributed by atoms with Crippen molar-refractivity contribution < 1.29 is 9.90 Å². The highest BCUT2D eigenvalue weighted by Crippen LogP contribution is 2.43. The fraction of sp³-hybridized carbons (Fsp3) is 0.500. The second-order valence-corrected chi connectivity index (χ2v) is 8.70. The topological polar surface area (TPSA) is 56.7 Å². The van der Waals surface area contributed by atoms with Crippen molar-refractivity contribution in [2.75, 3.05) is 26.2 Å². The Bertz CT molecular complexity index is 850. The molecule has 1 aromatic carbocycles. The molecule has 0 unspecified atom stereocenters. The van der Waals surface area contributed by atoms with Gasteiger partial charge in [0.05, 0.1) is 6.61 Å². The zero-order chi connectivity index (χ0) is 19.8. The molecule has 1 aliphatic carbocycles. The highest BCUT2D eigenvalue weighted by atomic mass is 16.3. The molecule has 1 aromatic heterocycles. The van der Waals surface area contributed by atoms with Gasteiger partial charge in [0, 0.05) is 49.4 Å². The summed E-state index contributed by atoms with van der Waals surface area (Å²) in [6, 6.07) is 13.2. The Kier molecular flexibility index (Phi) is 5.10. The Labute approximate surface area is 172 Å². The van der Waals surface area contributed by atoms with E-state index in [0.29, 0.717) is 11.9 Å². The third-order valence-electron chi connectivity index (χ3n) is 6.92. The number of pyridine rings is 1. The van der Waals surface area contributed by atoms with E-state index in [4.69, 9.17) is 0 Å². The van der Waals surface area contributed by atoms with Gasteiger partial charge in [0.2, 0.25) is 5.91 Å². The Morgan fingerprint density at radius 1 is 1.00 bits per heavy atom. The largest absolute Gasteiger partial charge is 0.395 e. The highest BCUT2D eigenvalue weighted by Gasteiger charge is 2.50. The fourth-order valence-corrected chi connectivity index (χ4v) is 5.17. The van der Waals surface area contributed by atoms with Gasteiger partial charge in [-0.15, -0.1) is 0 Å². The quantitative estimate of drug-likeness (QED) is 0.871. The summed E-state index contributed by atoms with van der Waals surface area (Å²) < 4.78 is 0. The number of amides is 1. The van der Waals surface area contributed by atoms with E-state index in [9.17, 15) is 9.90 Å². The van der Waals surface area contributed by atoms with Crippen LogP contribution in [0.3, 0.4) is 0 Å². The summed E-state index contributed by atoms with van der Waals surface area (Å²) in [4.78, 5) is 21.4. The first kappa shape index (κ1) is 18.8. The number of rotatable bonds is 4. The van der Waals surface area contributed by atoms with E-state index in [-0.39, 0.29) is 24.5 Å². The molecular formula is C24H29N3O2. The van der Waals surface area contributed by atoms with Gasteiger partial charge >= 0.3 is 0 Å². The summed E-state index contributed by atoms with van der Waals surface area (Å²) in [6.45, 7) is 2.87. The normalized spacial score (nSPS) is 27.5. The lowest BCUT2D eigenvalue weighted by molar-refractivity contribution is -0.137. The number of aliphatic hydroxyl groups is 1. The molecule has 0 spiro atoms. The Hall–Kier alpha value is -2.24. The van der Waals surface area contributed by atoms with Crippen LogP contribution in [0, 0.1) is 5.92 Å². The average molecular weight is 392 g/mol. The lowest BCUT2D eigenvalue weighted by Crippen LogP contribution is -2.68. The van der Waals surface area contributed by atoms with E-state index in [1.165, 1.54) is 11.1 Å². The maximum atomic E-state index is 12.8. The molecule has 5 heteroatoms. The monoisotopic (exact) mass is 391 g/mol. The van der Waals surface area contributed by atoms with Gasteiger partial charge in [0.1, 0.15) is 0 Å². The SMILES string of the molecule is O=C(C1CC1)N1CCCCN2[C@@H](CO)[C@@H](c3ccc(-c4ccncc4)cc3)[C@@H]2C1. The van der Waals surface area contributed by atoms with Gasteiger partial charge < -0.3 is 10.0 Å². The smallest absolute Gasteiger partial charge is 0.225 e. The van der Waals surface area contributed by atoms with Crippen molar-refractivity contribution in [3.05, 3.63) is 54.4 Å². The standard InChI is InChI=1S/C24H29N3O2/c28-16-22-23(19-5-3-17(4-6-19)18-9-11-25-12-10-18)21-15-26(24(29)20-7-8-20)13-1-2-14-27(21)22/h3-6,9-12,20-23,28H,1-2,7-8,13-16H2/t21-,22-,23-/m0/s1. The second-order valence-electron chi connectivity index (χ2n) is 8.70. The van der Waals surface area contributed by atoms with Crippen molar-refractivity contribution in [2.45, 2.75) is 43.7 Å². The van der Waals surface area contributed by atoms with Crippen LogP contribution in [0.5, 0.6) is 0 Å².